The molecule has 0 bridgehead atoms. The third kappa shape index (κ3) is 2.71. The van der Waals surface area contributed by atoms with Gasteiger partial charge in [0.05, 0.1) is 12.7 Å². The maximum absolute atomic E-state index is 12.8. The largest absolute Gasteiger partial charge is 0.464 e. The topological polar surface area (TPSA) is 39.2 Å². The van der Waals surface area contributed by atoms with E-state index in [4.69, 9.17) is 0 Å². The van der Waals surface area contributed by atoms with Gasteiger partial charge in [-0.2, -0.15) is 17.6 Å². The fraction of sp³-hybridized carbons (Fsp3) is 0.333. The van der Waals surface area contributed by atoms with E-state index in [0.717, 1.165) is 7.11 Å². The van der Waals surface area contributed by atoms with Gasteiger partial charge >= 0.3 is 12.1 Å². The van der Waals surface area contributed by atoms with Crippen LogP contribution in [0.15, 0.2) is 6.07 Å². The first-order chi connectivity index (χ1) is 8.18. The molecule has 18 heavy (non-hydrogen) atoms. The van der Waals surface area contributed by atoms with Gasteiger partial charge in [0.1, 0.15) is 0 Å². The Balaban J connectivity index is 3.64. The number of rotatable bonds is 2. The van der Waals surface area contributed by atoms with E-state index in [0.29, 0.717) is 0 Å². The van der Waals surface area contributed by atoms with Crippen molar-refractivity contribution in [2.45, 2.75) is 12.6 Å². The maximum Gasteiger partial charge on any atom is 0.419 e. The molecule has 1 heterocycles. The van der Waals surface area contributed by atoms with Crippen LogP contribution >= 0.6 is 0 Å². The van der Waals surface area contributed by atoms with Crippen LogP contribution < -0.4 is 0 Å². The van der Waals surface area contributed by atoms with Gasteiger partial charge in [0.15, 0.2) is 5.69 Å². The summed E-state index contributed by atoms with van der Waals surface area (Å²) in [7, 11) is 0.719. The first kappa shape index (κ1) is 14.3. The molecular weight excluding hydrogens is 268 g/mol. The molecular formula is C9H5F6NO2. The fourth-order valence-electron chi connectivity index (χ4n) is 1.25. The lowest BCUT2D eigenvalue weighted by Gasteiger charge is -2.15. The lowest BCUT2D eigenvalue weighted by molar-refractivity contribution is -0.140. The minimum absolute atomic E-state index is 0.0695. The minimum atomic E-state index is -5.28. The van der Waals surface area contributed by atoms with Crippen molar-refractivity contribution in [3.63, 3.8) is 0 Å². The smallest absolute Gasteiger partial charge is 0.419 e. The second-order valence-corrected chi connectivity index (χ2v) is 3.05. The number of pyridine rings is 1. The Hall–Kier alpha value is -1.80. The molecule has 100 valence electrons. The molecule has 0 aliphatic carbocycles. The van der Waals surface area contributed by atoms with Crippen LogP contribution in [0.25, 0.3) is 0 Å². The van der Waals surface area contributed by atoms with Gasteiger partial charge in [0, 0.05) is 11.6 Å². The van der Waals surface area contributed by atoms with Crippen LogP contribution in [-0.2, 0) is 10.9 Å². The number of carbonyl (C=O) groups is 1. The Morgan fingerprint density at radius 2 is 1.94 bits per heavy atom. The third-order valence-electron chi connectivity index (χ3n) is 1.92. The first-order valence-corrected chi connectivity index (χ1v) is 4.32. The number of alkyl halides is 5. The molecule has 1 rings (SSSR count). The molecule has 0 saturated heterocycles. The zero-order valence-corrected chi connectivity index (χ0v) is 8.69. The second-order valence-electron chi connectivity index (χ2n) is 3.05. The van der Waals surface area contributed by atoms with Gasteiger partial charge in [0.2, 0.25) is 5.95 Å². The summed E-state index contributed by atoms with van der Waals surface area (Å²) in [5, 5.41) is 0. The Bertz CT molecular complexity index is 471. The third-order valence-corrected chi connectivity index (χ3v) is 1.92. The number of methoxy groups -OCH3 is 1. The van der Waals surface area contributed by atoms with Gasteiger partial charge in [-0.1, -0.05) is 0 Å². The summed E-state index contributed by atoms with van der Waals surface area (Å²) in [6.45, 7) is 0. The molecule has 0 aliphatic heterocycles. The molecule has 0 aromatic carbocycles. The Kier molecular flexibility index (Phi) is 3.82. The van der Waals surface area contributed by atoms with Gasteiger partial charge in [-0.25, -0.2) is 18.6 Å². The van der Waals surface area contributed by atoms with Gasteiger partial charge in [0.25, 0.3) is 6.43 Å². The highest BCUT2D eigenvalue weighted by Crippen LogP contribution is 2.38. The minimum Gasteiger partial charge on any atom is -0.464 e. The van der Waals surface area contributed by atoms with E-state index in [-0.39, 0.29) is 6.07 Å². The summed E-state index contributed by atoms with van der Waals surface area (Å²) in [5.41, 5.74) is -5.18. The summed E-state index contributed by atoms with van der Waals surface area (Å²) < 4.78 is 79.4. The van der Waals surface area contributed by atoms with Crippen LogP contribution in [-0.4, -0.2) is 18.1 Å². The lowest BCUT2D eigenvalue weighted by Crippen LogP contribution is -2.20. The SMILES string of the molecule is COC(=O)c1nc(F)cc(C(F)F)c1C(F)(F)F. The van der Waals surface area contributed by atoms with E-state index in [1.807, 2.05) is 0 Å². The summed E-state index contributed by atoms with van der Waals surface area (Å²) >= 11 is 0. The Morgan fingerprint density at radius 3 is 2.33 bits per heavy atom. The van der Waals surface area contributed by atoms with E-state index >= 15 is 0 Å². The van der Waals surface area contributed by atoms with Gasteiger partial charge in [-0.15, -0.1) is 0 Å². The van der Waals surface area contributed by atoms with Crippen molar-refractivity contribution >= 4 is 5.97 Å². The molecule has 0 radical (unpaired) electrons. The van der Waals surface area contributed by atoms with E-state index in [1.54, 1.807) is 0 Å². The van der Waals surface area contributed by atoms with Crippen molar-refractivity contribution in [3.05, 3.63) is 28.8 Å². The molecule has 0 saturated carbocycles. The predicted octanol–water partition coefficient (Wildman–Crippen LogP) is 2.96. The monoisotopic (exact) mass is 273 g/mol. The molecule has 3 nitrogen and oxygen atoms in total. The fourth-order valence-corrected chi connectivity index (χ4v) is 1.25. The van der Waals surface area contributed by atoms with Crippen LogP contribution in [0.5, 0.6) is 0 Å². The summed E-state index contributed by atoms with van der Waals surface area (Å²) in [6.07, 6.45) is -8.89. The lowest BCUT2D eigenvalue weighted by atomic mass is 10.1. The van der Waals surface area contributed by atoms with Crippen molar-refractivity contribution < 1.29 is 35.9 Å². The summed E-state index contributed by atoms with van der Waals surface area (Å²) in [5.74, 6) is -3.28. The van der Waals surface area contributed by atoms with Crippen LogP contribution in [0.4, 0.5) is 26.3 Å². The van der Waals surface area contributed by atoms with E-state index < -0.39 is 41.3 Å². The number of aromatic nitrogens is 1. The highest BCUT2D eigenvalue weighted by Gasteiger charge is 2.42. The predicted molar refractivity (Wildman–Crippen MR) is 45.5 cm³/mol. The first-order valence-electron chi connectivity index (χ1n) is 4.32. The molecule has 0 unspecified atom stereocenters. The molecule has 0 amide bonds. The summed E-state index contributed by atoms with van der Waals surface area (Å²) in [6, 6.07) is -0.0695. The van der Waals surface area contributed by atoms with Crippen molar-refractivity contribution in [2.24, 2.45) is 0 Å². The molecule has 0 atom stereocenters. The average molecular weight is 273 g/mol. The number of carbonyl (C=O) groups excluding carboxylic acids is 1. The number of nitrogens with zero attached hydrogens (tertiary/aromatic N) is 1. The Morgan fingerprint density at radius 1 is 1.39 bits per heavy atom. The van der Waals surface area contributed by atoms with Gasteiger partial charge in [-0.05, 0) is 0 Å². The van der Waals surface area contributed by atoms with E-state index in [9.17, 15) is 31.1 Å². The highest BCUT2D eigenvalue weighted by molar-refractivity contribution is 5.89. The molecule has 9 heteroatoms. The summed E-state index contributed by atoms with van der Waals surface area (Å²) in [4.78, 5) is 13.7. The van der Waals surface area contributed by atoms with Crippen molar-refractivity contribution in [1.29, 1.82) is 0 Å². The Labute approximate surface area is 96.4 Å². The van der Waals surface area contributed by atoms with Crippen LogP contribution in [0.1, 0.15) is 28.0 Å². The highest BCUT2D eigenvalue weighted by atomic mass is 19.4. The van der Waals surface area contributed by atoms with Gasteiger partial charge in [-0.3, -0.25) is 0 Å². The normalized spacial score (nSPS) is 11.8. The number of halogens is 6. The molecule has 1 aromatic rings. The van der Waals surface area contributed by atoms with Crippen molar-refractivity contribution in [3.8, 4) is 0 Å². The van der Waals surface area contributed by atoms with Crippen molar-refractivity contribution in [2.75, 3.05) is 7.11 Å². The quantitative estimate of drug-likeness (QED) is 0.472. The van der Waals surface area contributed by atoms with Gasteiger partial charge < -0.3 is 4.74 Å². The van der Waals surface area contributed by atoms with E-state index in [2.05, 4.69) is 9.72 Å². The molecule has 0 aliphatic rings. The number of esters is 1. The standard InChI is InChI=1S/C9H5F6NO2/c1-18-8(17)6-5(9(13,14)15)3(7(11)12)2-4(10)16-6/h2,7H,1H3. The molecule has 0 N–H and O–H groups in total. The average Bonchev–Trinajstić information content (AvgIpc) is 2.24. The number of ether oxygens (including phenoxy) is 1. The zero-order chi connectivity index (χ0) is 14.1. The van der Waals surface area contributed by atoms with Crippen LogP contribution in [0.2, 0.25) is 0 Å². The molecule has 0 fully saturated rings. The second kappa shape index (κ2) is 4.83. The maximum atomic E-state index is 12.8. The van der Waals surface area contributed by atoms with E-state index in [1.165, 1.54) is 0 Å². The number of hydrogen-bond acceptors (Lipinski definition) is 3. The number of hydrogen-bond donors (Lipinski definition) is 0. The molecule has 1 aromatic heterocycles. The van der Waals surface area contributed by atoms with Crippen molar-refractivity contribution in [1.82, 2.24) is 4.98 Å². The van der Waals surface area contributed by atoms with Crippen LogP contribution in [0, 0.1) is 5.95 Å². The zero-order valence-electron chi connectivity index (χ0n) is 8.69. The van der Waals surface area contributed by atoms with Crippen LogP contribution in [0.3, 0.4) is 0 Å². The molecule has 0 spiro atoms.